The van der Waals surface area contributed by atoms with Crippen molar-refractivity contribution in [1.82, 2.24) is 10.2 Å². The first-order valence-electron chi connectivity index (χ1n) is 4.61. The molecule has 0 fully saturated rings. The maximum atomic E-state index is 3.46. The molecule has 0 radical (unpaired) electrons. The average Bonchev–Trinajstić information content (AvgIpc) is 2.68. The summed E-state index contributed by atoms with van der Waals surface area (Å²) >= 11 is 1.81. The van der Waals surface area contributed by atoms with Crippen LogP contribution in [-0.4, -0.2) is 24.5 Å². The molecule has 0 unspecified atom stereocenters. The van der Waals surface area contributed by atoms with Crippen LogP contribution in [-0.2, 0) is 0 Å². The summed E-state index contributed by atoms with van der Waals surface area (Å²) in [6.07, 6.45) is 0. The van der Waals surface area contributed by atoms with Gasteiger partial charge in [0.25, 0.3) is 0 Å². The van der Waals surface area contributed by atoms with Crippen molar-refractivity contribution in [2.45, 2.75) is 5.50 Å². The van der Waals surface area contributed by atoms with E-state index in [1.54, 1.807) is 11.8 Å². The minimum Gasteiger partial charge on any atom is -0.360 e. The van der Waals surface area contributed by atoms with Gasteiger partial charge < -0.3 is 5.32 Å². The summed E-state index contributed by atoms with van der Waals surface area (Å²) in [6.45, 7) is 0. The summed E-state index contributed by atoms with van der Waals surface area (Å²) in [5.74, 6) is 0. The molecule has 0 spiro atoms. The fourth-order valence-corrected chi connectivity index (χ4v) is 2.26. The van der Waals surface area contributed by atoms with Gasteiger partial charge in [-0.05, 0) is 25.1 Å². The number of hydrogen-bond acceptors (Lipinski definition) is 3. The van der Waals surface area contributed by atoms with Crippen LogP contribution >= 0.6 is 11.8 Å². The van der Waals surface area contributed by atoms with Crippen LogP contribution in [0, 0.1) is 0 Å². The highest BCUT2D eigenvalue weighted by Crippen LogP contribution is 2.27. The number of hydrogen-bond donors (Lipinski definition) is 1. The van der Waals surface area contributed by atoms with E-state index in [0.29, 0.717) is 5.50 Å². The molecule has 1 aromatic carbocycles. The van der Waals surface area contributed by atoms with Crippen LogP contribution in [0.2, 0.25) is 0 Å². The third-order valence-electron chi connectivity index (χ3n) is 2.15. The molecule has 1 aliphatic rings. The normalized spacial score (nSPS) is 20.8. The first-order chi connectivity index (χ1) is 6.77. The zero-order chi connectivity index (χ0) is 9.97. The second kappa shape index (κ2) is 4.07. The lowest BCUT2D eigenvalue weighted by molar-refractivity contribution is 0.366. The standard InChI is InChI=1S/C11H14N2S/c1-13(2)11-12-10(8-14-11)9-6-4-3-5-7-9/h3-8,11-12H,1-2H3/t11-/m1/s1. The monoisotopic (exact) mass is 206 g/mol. The van der Waals surface area contributed by atoms with Crippen molar-refractivity contribution in [2.24, 2.45) is 0 Å². The lowest BCUT2D eigenvalue weighted by Gasteiger charge is -2.19. The van der Waals surface area contributed by atoms with Gasteiger partial charge in [-0.2, -0.15) is 0 Å². The van der Waals surface area contributed by atoms with Crippen molar-refractivity contribution in [3.8, 4) is 0 Å². The Labute approximate surface area is 89.0 Å². The van der Waals surface area contributed by atoms with Crippen LogP contribution in [0.1, 0.15) is 5.56 Å². The molecule has 0 amide bonds. The van der Waals surface area contributed by atoms with Crippen LogP contribution in [0.4, 0.5) is 0 Å². The van der Waals surface area contributed by atoms with Crippen LogP contribution in [0.25, 0.3) is 5.70 Å². The zero-order valence-electron chi connectivity index (χ0n) is 8.40. The molecule has 1 aliphatic heterocycles. The van der Waals surface area contributed by atoms with Crippen LogP contribution in [0.5, 0.6) is 0 Å². The maximum absolute atomic E-state index is 3.46. The minimum absolute atomic E-state index is 0.366. The molecule has 3 heteroatoms. The fraction of sp³-hybridized carbons (Fsp3) is 0.273. The highest BCUT2D eigenvalue weighted by atomic mass is 32.2. The Balaban J connectivity index is 2.09. The van der Waals surface area contributed by atoms with Crippen molar-refractivity contribution < 1.29 is 0 Å². The second-order valence-corrected chi connectivity index (χ2v) is 4.45. The van der Waals surface area contributed by atoms with E-state index in [-0.39, 0.29) is 0 Å². The minimum atomic E-state index is 0.366. The van der Waals surface area contributed by atoms with E-state index < -0.39 is 0 Å². The predicted octanol–water partition coefficient (Wildman–Crippen LogP) is 2.17. The second-order valence-electron chi connectivity index (χ2n) is 3.49. The van der Waals surface area contributed by atoms with Gasteiger partial charge in [-0.3, -0.25) is 4.90 Å². The van der Waals surface area contributed by atoms with Gasteiger partial charge in [-0.25, -0.2) is 0 Å². The average molecular weight is 206 g/mol. The molecule has 0 aliphatic carbocycles. The molecule has 0 saturated heterocycles. The number of thioether (sulfide) groups is 1. The molecule has 2 rings (SSSR count). The Bertz CT molecular complexity index is 332. The molecule has 74 valence electrons. The van der Waals surface area contributed by atoms with E-state index in [1.807, 2.05) is 6.07 Å². The van der Waals surface area contributed by atoms with E-state index >= 15 is 0 Å². The van der Waals surface area contributed by atoms with Crippen LogP contribution in [0.3, 0.4) is 0 Å². The van der Waals surface area contributed by atoms with Crippen molar-refractivity contribution in [1.29, 1.82) is 0 Å². The Morgan fingerprint density at radius 3 is 2.50 bits per heavy atom. The number of rotatable bonds is 2. The smallest absolute Gasteiger partial charge is 0.131 e. The molecule has 2 nitrogen and oxygen atoms in total. The third kappa shape index (κ3) is 1.94. The first-order valence-corrected chi connectivity index (χ1v) is 5.55. The first kappa shape index (κ1) is 9.62. The van der Waals surface area contributed by atoms with Gasteiger partial charge in [0.15, 0.2) is 0 Å². The molecule has 1 heterocycles. The quantitative estimate of drug-likeness (QED) is 0.798. The van der Waals surface area contributed by atoms with Gasteiger partial charge in [-0.1, -0.05) is 42.1 Å². The largest absolute Gasteiger partial charge is 0.360 e. The summed E-state index contributed by atoms with van der Waals surface area (Å²) in [5.41, 5.74) is 2.84. The van der Waals surface area contributed by atoms with Crippen molar-refractivity contribution in [2.75, 3.05) is 14.1 Å². The van der Waals surface area contributed by atoms with Crippen molar-refractivity contribution in [3.05, 3.63) is 41.3 Å². The molecular weight excluding hydrogens is 192 g/mol. The van der Waals surface area contributed by atoms with Gasteiger partial charge >= 0.3 is 0 Å². The van der Waals surface area contributed by atoms with E-state index in [9.17, 15) is 0 Å². The third-order valence-corrected chi connectivity index (χ3v) is 3.32. The molecule has 1 aromatic rings. The van der Waals surface area contributed by atoms with Crippen molar-refractivity contribution in [3.63, 3.8) is 0 Å². The van der Waals surface area contributed by atoms with E-state index in [2.05, 4.69) is 54.0 Å². The highest BCUT2D eigenvalue weighted by Gasteiger charge is 2.18. The van der Waals surface area contributed by atoms with Gasteiger partial charge in [-0.15, -0.1) is 0 Å². The highest BCUT2D eigenvalue weighted by molar-refractivity contribution is 8.03. The lowest BCUT2D eigenvalue weighted by Crippen LogP contribution is -2.34. The summed E-state index contributed by atoms with van der Waals surface area (Å²) in [5, 5.41) is 5.64. The molecule has 0 aromatic heterocycles. The van der Waals surface area contributed by atoms with Gasteiger partial charge in [0.1, 0.15) is 5.50 Å². The summed E-state index contributed by atoms with van der Waals surface area (Å²) in [6, 6.07) is 10.4. The molecule has 0 saturated carbocycles. The zero-order valence-corrected chi connectivity index (χ0v) is 9.21. The van der Waals surface area contributed by atoms with Gasteiger partial charge in [0.2, 0.25) is 0 Å². The number of benzene rings is 1. The fourth-order valence-electron chi connectivity index (χ4n) is 1.35. The molecule has 1 N–H and O–H groups in total. The molecule has 1 atom stereocenters. The molecule has 0 bridgehead atoms. The van der Waals surface area contributed by atoms with Gasteiger partial charge in [0, 0.05) is 5.70 Å². The Hall–Kier alpha value is -0.930. The molecule has 14 heavy (non-hydrogen) atoms. The summed E-state index contributed by atoms with van der Waals surface area (Å²) in [4.78, 5) is 2.16. The summed E-state index contributed by atoms with van der Waals surface area (Å²) in [7, 11) is 4.15. The Morgan fingerprint density at radius 1 is 1.21 bits per heavy atom. The Kier molecular flexibility index (Phi) is 2.79. The SMILES string of the molecule is CN(C)[C@H]1NC(c2ccccc2)=CS1. The van der Waals surface area contributed by atoms with E-state index in [1.165, 1.54) is 11.3 Å². The Morgan fingerprint density at radius 2 is 1.93 bits per heavy atom. The maximum Gasteiger partial charge on any atom is 0.131 e. The molecular formula is C11H14N2S. The van der Waals surface area contributed by atoms with Crippen molar-refractivity contribution >= 4 is 17.5 Å². The van der Waals surface area contributed by atoms with Crippen LogP contribution < -0.4 is 5.32 Å². The predicted molar refractivity (Wildman–Crippen MR) is 62.6 cm³/mol. The van der Waals surface area contributed by atoms with Crippen LogP contribution in [0.15, 0.2) is 35.7 Å². The van der Waals surface area contributed by atoms with Gasteiger partial charge in [0.05, 0.1) is 0 Å². The summed E-state index contributed by atoms with van der Waals surface area (Å²) < 4.78 is 0. The van der Waals surface area contributed by atoms with E-state index in [0.717, 1.165) is 0 Å². The topological polar surface area (TPSA) is 15.3 Å². The number of nitrogens with zero attached hydrogens (tertiary/aromatic N) is 1. The van der Waals surface area contributed by atoms with E-state index in [4.69, 9.17) is 0 Å². The lowest BCUT2D eigenvalue weighted by atomic mass is 10.2. The number of nitrogens with one attached hydrogen (secondary N) is 1.